The molecule has 3 aromatic carbocycles. The topological polar surface area (TPSA) is 67.8 Å². The zero-order valence-corrected chi connectivity index (χ0v) is 18.3. The van der Waals surface area contributed by atoms with Crippen LogP contribution in [0.5, 0.6) is 5.75 Å². The number of hydrogen-bond acceptors (Lipinski definition) is 4. The van der Waals surface area contributed by atoms with Crippen molar-refractivity contribution in [3.05, 3.63) is 98.5 Å². The molecule has 0 unspecified atom stereocenters. The van der Waals surface area contributed by atoms with Gasteiger partial charge >= 0.3 is 12.1 Å². The molecule has 0 aromatic heterocycles. The number of benzene rings is 3. The number of alkyl halides is 3. The molecule has 3 rings (SSSR count). The van der Waals surface area contributed by atoms with Crippen LogP contribution >= 0.6 is 27.5 Å². The van der Waals surface area contributed by atoms with Crippen molar-refractivity contribution in [1.82, 2.24) is 5.43 Å². The molecule has 3 aromatic rings. The molecule has 0 aliphatic heterocycles. The highest BCUT2D eigenvalue weighted by Crippen LogP contribution is 2.30. The van der Waals surface area contributed by atoms with Crippen molar-refractivity contribution in [2.75, 3.05) is 0 Å². The number of carbonyl (C=O) groups is 2. The molecule has 0 fully saturated rings. The molecule has 0 heterocycles. The summed E-state index contributed by atoms with van der Waals surface area (Å²) in [6.45, 7) is 0. The molecule has 0 aliphatic carbocycles. The van der Waals surface area contributed by atoms with Crippen molar-refractivity contribution in [3.8, 4) is 5.75 Å². The van der Waals surface area contributed by atoms with Gasteiger partial charge < -0.3 is 4.74 Å². The fourth-order valence-corrected chi connectivity index (χ4v) is 2.97. The lowest BCUT2D eigenvalue weighted by atomic mass is 10.1. The second-order valence-electron chi connectivity index (χ2n) is 6.36. The van der Waals surface area contributed by atoms with Gasteiger partial charge in [0.25, 0.3) is 5.91 Å². The minimum absolute atomic E-state index is 0.00143. The first kappa shape index (κ1) is 23.5. The molecule has 0 spiro atoms. The van der Waals surface area contributed by atoms with Gasteiger partial charge in [0.05, 0.1) is 17.3 Å². The smallest absolute Gasteiger partial charge is 0.416 e. The molecule has 1 amide bonds. The second-order valence-corrected chi connectivity index (χ2v) is 7.71. The van der Waals surface area contributed by atoms with E-state index in [0.717, 1.165) is 16.6 Å². The Hall–Kier alpha value is -3.17. The standard InChI is InChI=1S/C22H13BrClF3N2O3/c23-17-6-4-13(5-7-17)20(30)29-28-12-15-11-18(24)8-9-19(15)32-21(31)14-2-1-3-16(10-14)22(25,26)27/h1-12H,(H,29,30)/b28-12+. The fraction of sp³-hybridized carbons (Fsp3) is 0.0455. The largest absolute Gasteiger partial charge is 0.422 e. The third-order valence-corrected chi connectivity index (χ3v) is 4.84. The van der Waals surface area contributed by atoms with Crippen LogP contribution in [0.4, 0.5) is 13.2 Å². The summed E-state index contributed by atoms with van der Waals surface area (Å²) in [5.74, 6) is -1.47. The van der Waals surface area contributed by atoms with Crippen LogP contribution in [-0.4, -0.2) is 18.1 Å². The zero-order valence-electron chi connectivity index (χ0n) is 16.0. The van der Waals surface area contributed by atoms with Crippen LogP contribution in [0.1, 0.15) is 31.8 Å². The number of esters is 1. The SMILES string of the molecule is O=C(N/N=C/c1cc(Cl)ccc1OC(=O)c1cccc(C(F)(F)F)c1)c1ccc(Br)cc1. The van der Waals surface area contributed by atoms with Crippen LogP contribution < -0.4 is 10.2 Å². The summed E-state index contributed by atoms with van der Waals surface area (Å²) in [5.41, 5.74) is 1.68. The molecule has 0 radical (unpaired) electrons. The number of nitrogens with one attached hydrogen (secondary N) is 1. The summed E-state index contributed by atoms with van der Waals surface area (Å²) in [6, 6.07) is 14.7. The molecular formula is C22H13BrClF3N2O3. The first-order chi connectivity index (χ1) is 15.1. The summed E-state index contributed by atoms with van der Waals surface area (Å²) in [6.07, 6.45) is -3.39. The highest BCUT2D eigenvalue weighted by Gasteiger charge is 2.31. The lowest BCUT2D eigenvalue weighted by Gasteiger charge is -2.10. The predicted octanol–water partition coefficient (Wildman–Crippen LogP) is 6.10. The Morgan fingerprint density at radius 2 is 1.72 bits per heavy atom. The normalized spacial score (nSPS) is 11.4. The molecule has 5 nitrogen and oxygen atoms in total. The zero-order chi connectivity index (χ0) is 23.3. The molecule has 1 N–H and O–H groups in total. The van der Waals surface area contributed by atoms with Gasteiger partial charge in [0, 0.05) is 20.6 Å². The maximum absolute atomic E-state index is 12.9. The van der Waals surface area contributed by atoms with Gasteiger partial charge in [0.2, 0.25) is 0 Å². The van der Waals surface area contributed by atoms with E-state index >= 15 is 0 Å². The molecule has 10 heteroatoms. The molecular weight excluding hydrogens is 513 g/mol. The van der Waals surface area contributed by atoms with Gasteiger partial charge in [-0.1, -0.05) is 33.6 Å². The van der Waals surface area contributed by atoms with Crippen LogP contribution in [0.2, 0.25) is 5.02 Å². The van der Waals surface area contributed by atoms with Crippen molar-refractivity contribution >= 4 is 45.6 Å². The summed E-state index contributed by atoms with van der Waals surface area (Å²) < 4.78 is 44.7. The van der Waals surface area contributed by atoms with E-state index in [-0.39, 0.29) is 16.9 Å². The maximum atomic E-state index is 12.9. The van der Waals surface area contributed by atoms with Crippen LogP contribution in [0.15, 0.2) is 76.3 Å². The average molecular weight is 526 g/mol. The van der Waals surface area contributed by atoms with Gasteiger partial charge in [-0.2, -0.15) is 18.3 Å². The summed E-state index contributed by atoms with van der Waals surface area (Å²) in [4.78, 5) is 24.5. The van der Waals surface area contributed by atoms with E-state index in [4.69, 9.17) is 16.3 Å². The predicted molar refractivity (Wildman–Crippen MR) is 117 cm³/mol. The van der Waals surface area contributed by atoms with Crippen LogP contribution in [0, 0.1) is 0 Å². The maximum Gasteiger partial charge on any atom is 0.416 e. The van der Waals surface area contributed by atoms with Gasteiger partial charge in [0.1, 0.15) is 5.75 Å². The molecule has 0 saturated heterocycles. The van der Waals surface area contributed by atoms with Crippen LogP contribution in [0.3, 0.4) is 0 Å². The van der Waals surface area contributed by atoms with Gasteiger partial charge in [-0.25, -0.2) is 10.2 Å². The highest BCUT2D eigenvalue weighted by atomic mass is 79.9. The van der Waals surface area contributed by atoms with Gasteiger partial charge in [0.15, 0.2) is 0 Å². The monoisotopic (exact) mass is 524 g/mol. The minimum Gasteiger partial charge on any atom is -0.422 e. The minimum atomic E-state index is -4.60. The Morgan fingerprint density at radius 3 is 2.41 bits per heavy atom. The van der Waals surface area contributed by atoms with Gasteiger partial charge in [-0.05, 0) is 60.7 Å². The third kappa shape index (κ3) is 6.18. The van der Waals surface area contributed by atoms with Crippen LogP contribution in [0.25, 0.3) is 0 Å². The van der Waals surface area contributed by atoms with Crippen molar-refractivity contribution in [1.29, 1.82) is 0 Å². The molecule has 0 saturated carbocycles. The van der Waals surface area contributed by atoms with Crippen LogP contribution in [-0.2, 0) is 6.18 Å². The Balaban J connectivity index is 1.76. The lowest BCUT2D eigenvalue weighted by Crippen LogP contribution is -2.17. The second kappa shape index (κ2) is 9.97. The van der Waals surface area contributed by atoms with Crippen molar-refractivity contribution < 1.29 is 27.5 Å². The fourth-order valence-electron chi connectivity index (χ4n) is 2.52. The van der Waals surface area contributed by atoms with E-state index in [1.165, 1.54) is 30.5 Å². The number of rotatable bonds is 5. The van der Waals surface area contributed by atoms with Gasteiger partial charge in [-0.3, -0.25) is 4.79 Å². The summed E-state index contributed by atoms with van der Waals surface area (Å²) >= 11 is 9.25. The first-order valence-electron chi connectivity index (χ1n) is 8.91. The summed E-state index contributed by atoms with van der Waals surface area (Å²) in [7, 11) is 0. The Morgan fingerprint density at radius 1 is 1.00 bits per heavy atom. The number of ether oxygens (including phenoxy) is 1. The highest BCUT2D eigenvalue weighted by molar-refractivity contribution is 9.10. The van der Waals surface area contributed by atoms with Gasteiger partial charge in [-0.15, -0.1) is 0 Å². The van der Waals surface area contributed by atoms with Crippen molar-refractivity contribution in [2.45, 2.75) is 6.18 Å². The van der Waals surface area contributed by atoms with E-state index in [2.05, 4.69) is 26.5 Å². The van der Waals surface area contributed by atoms with Crippen molar-refractivity contribution in [3.63, 3.8) is 0 Å². The number of carbonyl (C=O) groups excluding carboxylic acids is 2. The van der Waals surface area contributed by atoms with E-state index in [1.807, 2.05) is 0 Å². The number of halogens is 5. The molecule has 0 atom stereocenters. The Kier molecular flexibility index (Phi) is 7.32. The van der Waals surface area contributed by atoms with Crippen molar-refractivity contribution in [2.24, 2.45) is 5.10 Å². The first-order valence-corrected chi connectivity index (χ1v) is 10.1. The Labute approximate surface area is 194 Å². The average Bonchev–Trinajstić information content (AvgIpc) is 2.75. The quantitative estimate of drug-likeness (QED) is 0.189. The van der Waals surface area contributed by atoms with E-state index in [1.54, 1.807) is 24.3 Å². The van der Waals surface area contributed by atoms with E-state index in [0.29, 0.717) is 16.7 Å². The molecule has 164 valence electrons. The lowest BCUT2D eigenvalue weighted by molar-refractivity contribution is -0.137. The number of hydrazone groups is 1. The molecule has 0 bridgehead atoms. The molecule has 32 heavy (non-hydrogen) atoms. The van der Waals surface area contributed by atoms with E-state index in [9.17, 15) is 22.8 Å². The number of amides is 1. The number of hydrogen-bond donors (Lipinski definition) is 1. The number of nitrogens with zero attached hydrogens (tertiary/aromatic N) is 1. The Bertz CT molecular complexity index is 1180. The summed E-state index contributed by atoms with van der Waals surface area (Å²) in [5, 5.41) is 4.13. The molecule has 0 aliphatic rings. The third-order valence-electron chi connectivity index (χ3n) is 4.08. The van der Waals surface area contributed by atoms with E-state index < -0.39 is 23.6 Å².